The first kappa shape index (κ1) is 9.79. The fourth-order valence-corrected chi connectivity index (χ4v) is 1.18. The highest BCUT2D eigenvalue weighted by Crippen LogP contribution is 2.33. The number of alkyl halides is 2. The minimum absolute atomic E-state index is 1.04. The Morgan fingerprint density at radius 1 is 1.00 bits per heavy atom. The van der Waals surface area contributed by atoms with Crippen molar-refractivity contribution in [1.82, 2.24) is 0 Å². The van der Waals surface area contributed by atoms with Gasteiger partial charge in [0, 0.05) is 6.42 Å². The van der Waals surface area contributed by atoms with E-state index in [2.05, 4.69) is 0 Å². The van der Waals surface area contributed by atoms with E-state index in [-0.39, 0.29) is 0 Å². The van der Waals surface area contributed by atoms with E-state index < -0.39 is 36.8 Å². The largest absolute Gasteiger partial charge is 0.390 e. The summed E-state index contributed by atoms with van der Waals surface area (Å²) in [5.41, 5.74) is 0. The van der Waals surface area contributed by atoms with E-state index in [1.165, 1.54) is 0 Å². The molecule has 0 aromatic heterocycles. The zero-order valence-corrected chi connectivity index (χ0v) is 6.06. The molecule has 6 heteroatoms. The van der Waals surface area contributed by atoms with E-state index in [0.29, 0.717) is 0 Å². The molecule has 1 saturated carbocycles. The van der Waals surface area contributed by atoms with Gasteiger partial charge in [0.1, 0.15) is 18.3 Å². The first-order valence-electron chi connectivity index (χ1n) is 3.46. The molecule has 0 saturated heterocycles. The molecule has 4 N–H and O–H groups in total. The molecule has 0 aliphatic heterocycles. The van der Waals surface area contributed by atoms with Crippen molar-refractivity contribution in [2.24, 2.45) is 0 Å². The fourth-order valence-electron chi connectivity index (χ4n) is 1.18. The normalized spacial score (nSPS) is 47.5. The number of aliphatic hydroxyl groups excluding tert-OH is 4. The minimum atomic E-state index is -3.54. The molecule has 4 atom stereocenters. The second-order valence-electron chi connectivity index (χ2n) is 2.96. The molecule has 0 spiro atoms. The predicted octanol–water partition coefficient (Wildman–Crippen LogP) is -1.53. The van der Waals surface area contributed by atoms with Crippen molar-refractivity contribution in [1.29, 1.82) is 0 Å². The third-order valence-corrected chi connectivity index (χ3v) is 1.98. The van der Waals surface area contributed by atoms with Gasteiger partial charge in [-0.2, -0.15) is 0 Å². The van der Waals surface area contributed by atoms with Crippen LogP contribution in [0.15, 0.2) is 0 Å². The quantitative estimate of drug-likeness (QED) is 0.368. The highest BCUT2D eigenvalue weighted by molar-refractivity contribution is 4.97. The van der Waals surface area contributed by atoms with Crippen LogP contribution in [0.3, 0.4) is 0 Å². The van der Waals surface area contributed by atoms with Gasteiger partial charge in [0.25, 0.3) is 5.92 Å². The van der Waals surface area contributed by atoms with Gasteiger partial charge in [0.2, 0.25) is 0 Å². The molecule has 1 fully saturated rings. The van der Waals surface area contributed by atoms with Gasteiger partial charge in [-0.1, -0.05) is 0 Å². The lowest BCUT2D eigenvalue weighted by molar-refractivity contribution is -0.236. The van der Waals surface area contributed by atoms with Crippen molar-refractivity contribution in [3.63, 3.8) is 0 Å². The topological polar surface area (TPSA) is 80.9 Å². The van der Waals surface area contributed by atoms with E-state index in [0.717, 1.165) is 0 Å². The van der Waals surface area contributed by atoms with E-state index in [4.69, 9.17) is 20.4 Å². The van der Waals surface area contributed by atoms with Crippen LogP contribution in [0.4, 0.5) is 8.78 Å². The van der Waals surface area contributed by atoms with Crippen LogP contribution in [-0.2, 0) is 0 Å². The SMILES string of the molecule is O[C@@H]1[C@H](O)[C@H](O)CC(F)(F)[C@H]1O. The first-order valence-corrected chi connectivity index (χ1v) is 3.46. The molecule has 0 heterocycles. The number of hydrogen-bond donors (Lipinski definition) is 4. The van der Waals surface area contributed by atoms with Crippen molar-refractivity contribution < 1.29 is 29.2 Å². The average molecular weight is 184 g/mol. The van der Waals surface area contributed by atoms with Crippen LogP contribution in [-0.4, -0.2) is 50.8 Å². The van der Waals surface area contributed by atoms with Crippen molar-refractivity contribution in [3.8, 4) is 0 Å². The van der Waals surface area contributed by atoms with E-state index in [1.807, 2.05) is 0 Å². The van der Waals surface area contributed by atoms with Crippen molar-refractivity contribution >= 4 is 0 Å². The third-order valence-electron chi connectivity index (χ3n) is 1.98. The van der Waals surface area contributed by atoms with Crippen molar-refractivity contribution in [3.05, 3.63) is 0 Å². The Morgan fingerprint density at radius 2 is 1.50 bits per heavy atom. The second kappa shape index (κ2) is 2.88. The molecule has 0 aromatic rings. The van der Waals surface area contributed by atoms with Gasteiger partial charge in [-0.05, 0) is 0 Å². The second-order valence-corrected chi connectivity index (χ2v) is 2.96. The zero-order valence-electron chi connectivity index (χ0n) is 6.06. The summed E-state index contributed by atoms with van der Waals surface area (Å²) in [6.45, 7) is 0. The Bertz CT molecular complexity index is 175. The molecule has 0 radical (unpaired) electrons. The molecular formula is C6H10F2O4. The summed E-state index contributed by atoms with van der Waals surface area (Å²) in [5, 5.41) is 35.2. The molecule has 4 nitrogen and oxygen atoms in total. The average Bonchev–Trinajstić information content (AvgIpc) is 1.97. The lowest BCUT2D eigenvalue weighted by atomic mass is 9.87. The number of rotatable bonds is 0. The highest BCUT2D eigenvalue weighted by atomic mass is 19.3. The first-order chi connectivity index (χ1) is 5.36. The van der Waals surface area contributed by atoms with Crippen LogP contribution in [0.2, 0.25) is 0 Å². The van der Waals surface area contributed by atoms with Gasteiger partial charge < -0.3 is 20.4 Å². The summed E-state index contributed by atoms with van der Waals surface area (Å²) in [7, 11) is 0. The smallest absolute Gasteiger partial charge is 0.278 e. The molecular weight excluding hydrogens is 174 g/mol. The van der Waals surface area contributed by atoms with Crippen LogP contribution in [0.5, 0.6) is 0 Å². The van der Waals surface area contributed by atoms with E-state index >= 15 is 0 Å². The van der Waals surface area contributed by atoms with E-state index in [9.17, 15) is 8.78 Å². The maximum absolute atomic E-state index is 12.6. The number of aliphatic hydroxyl groups is 4. The lowest BCUT2D eigenvalue weighted by Crippen LogP contribution is -2.59. The summed E-state index contributed by atoms with van der Waals surface area (Å²) in [4.78, 5) is 0. The Balaban J connectivity index is 2.78. The monoisotopic (exact) mass is 184 g/mol. The van der Waals surface area contributed by atoms with Crippen LogP contribution >= 0.6 is 0 Å². The summed E-state index contributed by atoms with van der Waals surface area (Å²) < 4.78 is 25.2. The van der Waals surface area contributed by atoms with Gasteiger partial charge in [-0.15, -0.1) is 0 Å². The molecule has 72 valence electrons. The predicted molar refractivity (Wildman–Crippen MR) is 33.6 cm³/mol. The third kappa shape index (κ3) is 1.42. The van der Waals surface area contributed by atoms with Crippen LogP contribution in [0.1, 0.15) is 6.42 Å². The van der Waals surface area contributed by atoms with Gasteiger partial charge in [-0.25, -0.2) is 8.78 Å². The van der Waals surface area contributed by atoms with Gasteiger partial charge in [0.15, 0.2) is 0 Å². The minimum Gasteiger partial charge on any atom is -0.390 e. The van der Waals surface area contributed by atoms with Crippen molar-refractivity contribution in [2.75, 3.05) is 0 Å². The molecule has 12 heavy (non-hydrogen) atoms. The Hall–Kier alpha value is -0.300. The lowest BCUT2D eigenvalue weighted by Gasteiger charge is -2.37. The fraction of sp³-hybridized carbons (Fsp3) is 1.00. The molecule has 0 bridgehead atoms. The molecule has 1 aliphatic rings. The van der Waals surface area contributed by atoms with Gasteiger partial charge in [0.05, 0.1) is 6.10 Å². The molecule has 1 rings (SSSR count). The van der Waals surface area contributed by atoms with Crippen molar-refractivity contribution in [2.45, 2.75) is 36.8 Å². The number of hydrogen-bond acceptors (Lipinski definition) is 4. The highest BCUT2D eigenvalue weighted by Gasteiger charge is 2.53. The number of halogens is 2. The maximum Gasteiger partial charge on any atom is 0.278 e. The van der Waals surface area contributed by atoms with Crippen LogP contribution in [0.25, 0.3) is 0 Å². The van der Waals surface area contributed by atoms with Crippen LogP contribution in [0, 0.1) is 0 Å². The summed E-state index contributed by atoms with van der Waals surface area (Å²) in [5.74, 6) is -3.54. The summed E-state index contributed by atoms with van der Waals surface area (Å²) >= 11 is 0. The van der Waals surface area contributed by atoms with Gasteiger partial charge >= 0.3 is 0 Å². The summed E-state index contributed by atoms with van der Waals surface area (Å²) in [6.07, 6.45) is -8.75. The van der Waals surface area contributed by atoms with E-state index in [1.54, 1.807) is 0 Å². The molecule has 0 amide bonds. The maximum atomic E-state index is 12.6. The standard InChI is InChI=1S/C6H10F2O4/c7-6(8)1-2(9)3(10)4(11)5(6)12/h2-5,9-12H,1H2/t2-,3-,4-,5+/m1/s1. The van der Waals surface area contributed by atoms with Gasteiger partial charge in [-0.3, -0.25) is 0 Å². The summed E-state index contributed by atoms with van der Waals surface area (Å²) in [6, 6.07) is 0. The Morgan fingerprint density at radius 3 is 2.00 bits per heavy atom. The van der Waals surface area contributed by atoms with Crippen LogP contribution < -0.4 is 0 Å². The zero-order chi connectivity index (χ0) is 9.52. The molecule has 0 aromatic carbocycles. The Labute approximate surface area is 67.1 Å². The Kier molecular flexibility index (Phi) is 2.35. The molecule has 0 unspecified atom stereocenters. The molecule has 1 aliphatic carbocycles.